The number of hydrogen-bond acceptors (Lipinski definition) is 5. The molecule has 0 bridgehead atoms. The highest BCUT2D eigenvalue weighted by Gasteiger charge is 2.26. The number of nitrogens with one attached hydrogen (secondary N) is 1. The zero-order valence-electron chi connectivity index (χ0n) is 17.1. The summed E-state index contributed by atoms with van der Waals surface area (Å²) in [5, 5.41) is 12.0. The van der Waals surface area contributed by atoms with Gasteiger partial charge in [0.05, 0.1) is 12.1 Å². The van der Waals surface area contributed by atoms with Gasteiger partial charge in [-0.15, -0.1) is 0 Å². The maximum Gasteiger partial charge on any atom is 0.261 e. The fourth-order valence-electron chi connectivity index (χ4n) is 2.73. The molecule has 0 spiro atoms. The molecule has 0 aliphatic heterocycles. The van der Waals surface area contributed by atoms with Crippen LogP contribution in [0.15, 0.2) is 48.5 Å². The predicted octanol–water partition coefficient (Wildman–Crippen LogP) is 2.64. The first-order valence-corrected chi connectivity index (χ1v) is 10.0. The molecular weight excluding hydrogens is 408 g/mol. The van der Waals surface area contributed by atoms with Crippen LogP contribution in [0.1, 0.15) is 18.9 Å². The second-order valence-corrected chi connectivity index (χ2v) is 7.04. The fourth-order valence-corrected chi connectivity index (χ4v) is 2.92. The first-order chi connectivity index (χ1) is 14.5. The minimum Gasteiger partial charge on any atom is -0.497 e. The van der Waals surface area contributed by atoms with Gasteiger partial charge in [0.2, 0.25) is 5.91 Å². The Hall–Kier alpha value is -2.77. The van der Waals surface area contributed by atoms with Gasteiger partial charge in [-0.1, -0.05) is 35.9 Å². The molecule has 0 aliphatic rings. The van der Waals surface area contributed by atoms with Gasteiger partial charge < -0.3 is 24.8 Å². The third-order valence-electron chi connectivity index (χ3n) is 4.50. The fraction of sp³-hybridized carbons (Fsp3) is 0.364. The number of ether oxygens (including phenoxy) is 2. The van der Waals surface area contributed by atoms with Gasteiger partial charge >= 0.3 is 0 Å². The lowest BCUT2D eigenvalue weighted by Gasteiger charge is -2.29. The number of para-hydroxylation sites is 1. The molecule has 8 heteroatoms. The zero-order valence-corrected chi connectivity index (χ0v) is 17.9. The summed E-state index contributed by atoms with van der Waals surface area (Å²) in [7, 11) is 1.58. The lowest BCUT2D eigenvalue weighted by Crippen LogP contribution is -2.49. The van der Waals surface area contributed by atoms with E-state index >= 15 is 0 Å². The molecule has 30 heavy (non-hydrogen) atoms. The maximum absolute atomic E-state index is 12.9. The number of benzene rings is 2. The Morgan fingerprint density at radius 3 is 2.50 bits per heavy atom. The Bertz CT molecular complexity index is 829. The second kappa shape index (κ2) is 12.0. The molecule has 2 amide bonds. The summed E-state index contributed by atoms with van der Waals surface area (Å²) in [5.41, 5.74) is 0.844. The first kappa shape index (κ1) is 23.5. The van der Waals surface area contributed by atoms with Crippen LogP contribution in [0.2, 0.25) is 5.02 Å². The van der Waals surface area contributed by atoms with Gasteiger partial charge in [-0.2, -0.15) is 0 Å². The molecule has 0 aromatic heterocycles. The Kier molecular flexibility index (Phi) is 9.44. The van der Waals surface area contributed by atoms with Crippen molar-refractivity contribution in [3.63, 3.8) is 0 Å². The van der Waals surface area contributed by atoms with Crippen molar-refractivity contribution in [3.05, 3.63) is 59.1 Å². The predicted molar refractivity (Wildman–Crippen MR) is 115 cm³/mol. The number of carbonyl (C=O) groups is 2. The molecule has 1 atom stereocenters. The molecule has 2 aromatic rings. The summed E-state index contributed by atoms with van der Waals surface area (Å²) in [6.07, 6.45) is 0.445. The van der Waals surface area contributed by atoms with Crippen LogP contribution < -0.4 is 14.8 Å². The standard InChI is InChI=1S/C22H27ClN2O5/c1-16(22(28)24-12-5-13-26)25(14-17-8-10-18(29-2)11-9-17)21(27)15-30-20-7-4-3-6-19(20)23/h3-4,6-11,16,26H,5,12-15H2,1-2H3,(H,24,28)/t16-/m0/s1. The van der Waals surface area contributed by atoms with Crippen molar-refractivity contribution in [1.29, 1.82) is 0 Å². The van der Waals surface area contributed by atoms with Crippen LogP contribution in [0.5, 0.6) is 11.5 Å². The Labute approximate surface area is 181 Å². The van der Waals surface area contributed by atoms with Crippen molar-refractivity contribution in [3.8, 4) is 11.5 Å². The second-order valence-electron chi connectivity index (χ2n) is 6.63. The highest BCUT2D eigenvalue weighted by atomic mass is 35.5. The molecule has 0 radical (unpaired) electrons. The lowest BCUT2D eigenvalue weighted by molar-refractivity contribution is -0.142. The normalized spacial score (nSPS) is 11.5. The number of halogens is 1. The van der Waals surface area contributed by atoms with Gasteiger partial charge in [-0.3, -0.25) is 9.59 Å². The van der Waals surface area contributed by atoms with Crippen LogP contribution in [0.4, 0.5) is 0 Å². The van der Waals surface area contributed by atoms with Gasteiger partial charge in [-0.05, 0) is 43.2 Å². The van der Waals surface area contributed by atoms with Crippen molar-refractivity contribution in [2.24, 2.45) is 0 Å². The van der Waals surface area contributed by atoms with Crippen LogP contribution in [0.25, 0.3) is 0 Å². The summed E-state index contributed by atoms with van der Waals surface area (Å²) in [4.78, 5) is 26.9. The molecule has 2 N–H and O–H groups in total. The van der Waals surface area contributed by atoms with Crippen LogP contribution >= 0.6 is 11.6 Å². The van der Waals surface area contributed by atoms with Crippen LogP contribution in [0, 0.1) is 0 Å². The molecule has 7 nitrogen and oxygen atoms in total. The first-order valence-electron chi connectivity index (χ1n) is 9.64. The van der Waals surface area contributed by atoms with E-state index in [4.69, 9.17) is 26.2 Å². The van der Waals surface area contributed by atoms with Gasteiger partial charge in [0.1, 0.15) is 17.5 Å². The molecule has 0 aliphatic carbocycles. The van der Waals surface area contributed by atoms with Gasteiger partial charge in [0.15, 0.2) is 6.61 Å². The molecule has 0 fully saturated rings. The van der Waals surface area contributed by atoms with E-state index in [1.165, 1.54) is 4.90 Å². The molecule has 2 rings (SSSR count). The average molecular weight is 435 g/mol. The molecule has 0 saturated carbocycles. The molecular formula is C22H27ClN2O5. The zero-order chi connectivity index (χ0) is 21.9. The maximum atomic E-state index is 12.9. The number of methoxy groups -OCH3 is 1. The van der Waals surface area contributed by atoms with Gasteiger partial charge in [0, 0.05) is 19.7 Å². The lowest BCUT2D eigenvalue weighted by atomic mass is 10.1. The van der Waals surface area contributed by atoms with Gasteiger partial charge in [0.25, 0.3) is 5.91 Å². The minimum absolute atomic E-state index is 0.0190. The molecule has 0 heterocycles. The van der Waals surface area contributed by atoms with E-state index in [1.807, 2.05) is 12.1 Å². The number of aliphatic hydroxyl groups is 1. The van der Waals surface area contributed by atoms with E-state index < -0.39 is 6.04 Å². The highest BCUT2D eigenvalue weighted by molar-refractivity contribution is 6.32. The van der Waals surface area contributed by atoms with E-state index in [2.05, 4.69) is 5.32 Å². The van der Waals surface area contributed by atoms with Crippen LogP contribution in [-0.4, -0.2) is 54.7 Å². The number of nitrogens with zero attached hydrogens (tertiary/aromatic N) is 1. The Morgan fingerprint density at radius 2 is 1.87 bits per heavy atom. The van der Waals surface area contributed by atoms with Crippen molar-refractivity contribution in [2.75, 3.05) is 26.9 Å². The topological polar surface area (TPSA) is 88.1 Å². The van der Waals surface area contributed by atoms with Crippen molar-refractivity contribution in [2.45, 2.75) is 25.9 Å². The van der Waals surface area contributed by atoms with E-state index in [-0.39, 0.29) is 31.6 Å². The van der Waals surface area contributed by atoms with Crippen molar-refractivity contribution >= 4 is 23.4 Å². The monoisotopic (exact) mass is 434 g/mol. The SMILES string of the molecule is COc1ccc(CN(C(=O)COc2ccccc2Cl)[C@@H](C)C(=O)NCCCO)cc1. The number of rotatable bonds is 11. The molecule has 2 aromatic carbocycles. The van der Waals surface area contributed by atoms with E-state index in [1.54, 1.807) is 50.4 Å². The highest BCUT2D eigenvalue weighted by Crippen LogP contribution is 2.23. The van der Waals surface area contributed by atoms with Crippen molar-refractivity contribution in [1.82, 2.24) is 10.2 Å². The average Bonchev–Trinajstić information content (AvgIpc) is 2.76. The Balaban J connectivity index is 2.12. The number of hydrogen-bond donors (Lipinski definition) is 2. The molecule has 162 valence electrons. The number of aliphatic hydroxyl groups excluding tert-OH is 1. The van der Waals surface area contributed by atoms with E-state index in [0.717, 1.165) is 5.56 Å². The third kappa shape index (κ3) is 6.93. The number of amides is 2. The van der Waals surface area contributed by atoms with E-state index in [9.17, 15) is 9.59 Å². The van der Waals surface area contributed by atoms with Crippen LogP contribution in [-0.2, 0) is 16.1 Å². The smallest absolute Gasteiger partial charge is 0.261 e. The molecule has 0 unspecified atom stereocenters. The summed E-state index contributed by atoms with van der Waals surface area (Å²) in [6, 6.07) is 13.4. The summed E-state index contributed by atoms with van der Waals surface area (Å²) in [6.45, 7) is 1.94. The molecule has 0 saturated heterocycles. The summed E-state index contributed by atoms with van der Waals surface area (Å²) < 4.78 is 10.7. The summed E-state index contributed by atoms with van der Waals surface area (Å²) in [5.74, 6) is 0.448. The largest absolute Gasteiger partial charge is 0.497 e. The van der Waals surface area contributed by atoms with Crippen molar-refractivity contribution < 1.29 is 24.2 Å². The number of carbonyl (C=O) groups excluding carboxylic acids is 2. The third-order valence-corrected chi connectivity index (χ3v) is 4.81. The minimum atomic E-state index is -0.729. The quantitative estimate of drug-likeness (QED) is 0.531. The van der Waals surface area contributed by atoms with Crippen LogP contribution in [0.3, 0.4) is 0 Å². The Morgan fingerprint density at radius 1 is 1.17 bits per heavy atom. The summed E-state index contributed by atoms with van der Waals surface area (Å²) >= 11 is 6.08. The van der Waals surface area contributed by atoms with E-state index in [0.29, 0.717) is 29.5 Å². The van der Waals surface area contributed by atoms with Gasteiger partial charge in [-0.25, -0.2) is 0 Å².